The predicted octanol–water partition coefficient (Wildman–Crippen LogP) is 2.75. The van der Waals surface area contributed by atoms with E-state index < -0.39 is 17.7 Å². The van der Waals surface area contributed by atoms with E-state index in [1.54, 1.807) is 19.1 Å². The van der Waals surface area contributed by atoms with Gasteiger partial charge in [0, 0.05) is 31.0 Å². The molecule has 1 aliphatic rings. The van der Waals surface area contributed by atoms with E-state index in [0.29, 0.717) is 18.8 Å². The van der Waals surface area contributed by atoms with Crippen molar-refractivity contribution in [1.29, 1.82) is 0 Å². The maximum atomic E-state index is 12.5. The first-order valence-corrected chi connectivity index (χ1v) is 9.40. The molecule has 0 bridgehead atoms. The van der Waals surface area contributed by atoms with E-state index in [-0.39, 0.29) is 12.5 Å². The lowest BCUT2D eigenvalue weighted by Crippen LogP contribution is -2.55. The van der Waals surface area contributed by atoms with Gasteiger partial charge in [-0.25, -0.2) is 0 Å². The average Bonchev–Trinajstić information content (AvgIpc) is 2.65. The van der Waals surface area contributed by atoms with Gasteiger partial charge in [0.25, 0.3) is 0 Å². The maximum Gasteiger partial charge on any atom is 0.316 e. The molecule has 1 atom stereocenters. The minimum absolute atomic E-state index is 0.171. The summed E-state index contributed by atoms with van der Waals surface area (Å²) in [6.45, 7) is 6.74. The van der Waals surface area contributed by atoms with Gasteiger partial charge in [0.2, 0.25) is 5.91 Å². The van der Waals surface area contributed by atoms with Crippen LogP contribution >= 0.6 is 0 Å². The summed E-state index contributed by atoms with van der Waals surface area (Å²) in [5, 5.41) is 2.90. The average molecular weight is 379 g/mol. The van der Waals surface area contributed by atoms with Crippen molar-refractivity contribution in [1.82, 2.24) is 4.90 Å². The number of carbonyl (C=O) groups excluding carboxylic acids is 3. The Morgan fingerprint density at radius 3 is 2.29 bits per heavy atom. The highest BCUT2D eigenvalue weighted by Gasteiger charge is 2.34. The van der Waals surface area contributed by atoms with Crippen LogP contribution in [0.1, 0.15) is 18.1 Å². The Morgan fingerprint density at radius 1 is 1.00 bits per heavy atom. The Balaban J connectivity index is 1.61. The summed E-state index contributed by atoms with van der Waals surface area (Å²) in [5.41, 5.74) is 3.59. The topological polar surface area (TPSA) is 69.7 Å². The van der Waals surface area contributed by atoms with E-state index in [1.807, 2.05) is 50.2 Å². The van der Waals surface area contributed by atoms with Gasteiger partial charge in [0.15, 0.2) is 0 Å². The number of benzene rings is 2. The zero-order valence-electron chi connectivity index (χ0n) is 16.4. The van der Waals surface area contributed by atoms with E-state index in [1.165, 1.54) is 9.80 Å². The lowest BCUT2D eigenvalue weighted by atomic mass is 10.1. The van der Waals surface area contributed by atoms with Crippen molar-refractivity contribution < 1.29 is 14.4 Å². The molecule has 1 aliphatic heterocycles. The summed E-state index contributed by atoms with van der Waals surface area (Å²) in [6, 6.07) is 15.0. The number of aryl methyl sites for hydroxylation is 2. The van der Waals surface area contributed by atoms with E-state index >= 15 is 0 Å². The molecule has 6 heteroatoms. The number of para-hydroxylation sites is 1. The number of hydrogen-bond donors (Lipinski definition) is 1. The minimum atomic E-state index is -0.568. The normalized spacial score (nSPS) is 15.5. The Hall–Kier alpha value is -3.15. The Bertz CT molecular complexity index is 875. The molecule has 2 aromatic rings. The number of carbonyl (C=O) groups is 3. The van der Waals surface area contributed by atoms with Gasteiger partial charge < -0.3 is 15.1 Å². The quantitative estimate of drug-likeness (QED) is 0.812. The molecule has 28 heavy (non-hydrogen) atoms. The van der Waals surface area contributed by atoms with Crippen LogP contribution in [0, 0.1) is 19.8 Å². The second-order valence-corrected chi connectivity index (χ2v) is 7.31. The fourth-order valence-electron chi connectivity index (χ4n) is 3.43. The minimum Gasteiger partial charge on any atom is -0.332 e. The van der Waals surface area contributed by atoms with Crippen LogP contribution in [0.15, 0.2) is 48.5 Å². The van der Waals surface area contributed by atoms with Gasteiger partial charge in [-0.05, 0) is 49.2 Å². The molecule has 0 unspecified atom stereocenters. The third-order valence-corrected chi connectivity index (χ3v) is 4.81. The smallest absolute Gasteiger partial charge is 0.316 e. The molecule has 3 rings (SSSR count). The van der Waals surface area contributed by atoms with Crippen molar-refractivity contribution in [3.05, 3.63) is 59.7 Å². The number of amides is 3. The molecule has 1 saturated heterocycles. The third-order valence-electron chi connectivity index (χ3n) is 4.81. The van der Waals surface area contributed by atoms with Gasteiger partial charge in [-0.1, -0.05) is 31.2 Å². The highest BCUT2D eigenvalue weighted by Crippen LogP contribution is 2.19. The summed E-state index contributed by atoms with van der Waals surface area (Å²) in [7, 11) is 0. The summed E-state index contributed by atoms with van der Waals surface area (Å²) in [4.78, 5) is 40.5. The summed E-state index contributed by atoms with van der Waals surface area (Å²) in [5.74, 6) is -1.72. The van der Waals surface area contributed by atoms with Crippen molar-refractivity contribution in [3.63, 3.8) is 0 Å². The van der Waals surface area contributed by atoms with Crippen LogP contribution in [-0.4, -0.2) is 42.3 Å². The van der Waals surface area contributed by atoms with Crippen LogP contribution in [0.2, 0.25) is 0 Å². The van der Waals surface area contributed by atoms with Crippen LogP contribution in [-0.2, 0) is 14.4 Å². The van der Waals surface area contributed by atoms with Gasteiger partial charge >= 0.3 is 11.8 Å². The third kappa shape index (κ3) is 4.39. The van der Waals surface area contributed by atoms with E-state index in [0.717, 1.165) is 16.8 Å². The van der Waals surface area contributed by atoms with Gasteiger partial charge in [-0.15, -0.1) is 0 Å². The number of piperazine rings is 1. The molecule has 6 nitrogen and oxygen atoms in total. The van der Waals surface area contributed by atoms with Crippen molar-refractivity contribution >= 4 is 29.1 Å². The fourth-order valence-corrected chi connectivity index (χ4v) is 3.43. The number of hydrogen-bond acceptors (Lipinski definition) is 3. The van der Waals surface area contributed by atoms with Gasteiger partial charge in [0.1, 0.15) is 0 Å². The lowest BCUT2D eigenvalue weighted by molar-refractivity contribution is -0.147. The molecule has 3 amide bonds. The molecule has 1 heterocycles. The fraction of sp³-hybridized carbons (Fsp3) is 0.318. The molecule has 0 saturated carbocycles. The van der Waals surface area contributed by atoms with Crippen LogP contribution in [0.25, 0.3) is 0 Å². The van der Waals surface area contributed by atoms with E-state index in [4.69, 9.17) is 0 Å². The highest BCUT2D eigenvalue weighted by molar-refractivity contribution is 6.41. The molecule has 146 valence electrons. The number of nitrogens with one attached hydrogen (secondary N) is 1. The summed E-state index contributed by atoms with van der Waals surface area (Å²) >= 11 is 0. The zero-order chi connectivity index (χ0) is 20.3. The van der Waals surface area contributed by atoms with Crippen molar-refractivity contribution in [2.24, 2.45) is 5.92 Å². The van der Waals surface area contributed by atoms with E-state index in [9.17, 15) is 14.4 Å². The molecule has 0 aliphatic carbocycles. The summed E-state index contributed by atoms with van der Waals surface area (Å²) < 4.78 is 0. The second kappa shape index (κ2) is 8.25. The van der Waals surface area contributed by atoms with Gasteiger partial charge in [0.05, 0.1) is 5.92 Å². The zero-order valence-corrected chi connectivity index (χ0v) is 16.4. The molecule has 0 spiro atoms. The predicted molar refractivity (Wildman–Crippen MR) is 109 cm³/mol. The van der Waals surface area contributed by atoms with Crippen molar-refractivity contribution in [2.75, 3.05) is 29.9 Å². The van der Waals surface area contributed by atoms with Crippen molar-refractivity contribution in [3.8, 4) is 0 Å². The molecule has 0 radical (unpaired) electrons. The molecular formula is C22H25N3O3. The largest absolute Gasteiger partial charge is 0.332 e. The number of anilines is 2. The van der Waals surface area contributed by atoms with Crippen LogP contribution in [0.4, 0.5) is 11.4 Å². The highest BCUT2D eigenvalue weighted by atomic mass is 16.2. The first-order chi connectivity index (χ1) is 13.3. The van der Waals surface area contributed by atoms with Gasteiger partial charge in [-0.2, -0.15) is 0 Å². The Labute approximate surface area is 165 Å². The SMILES string of the molecule is Cc1cc(C)cc(NC(=O)[C@@H](C)CN2CCN(c3ccccc3)C(=O)C2=O)c1. The first kappa shape index (κ1) is 19.6. The van der Waals surface area contributed by atoms with Crippen molar-refractivity contribution in [2.45, 2.75) is 20.8 Å². The Morgan fingerprint density at radius 2 is 1.64 bits per heavy atom. The standard InChI is InChI=1S/C22H25N3O3/c1-15-11-16(2)13-18(12-15)23-20(26)17(3)14-24-9-10-25(22(28)21(24)27)19-7-5-4-6-8-19/h4-8,11-13,17H,9-10,14H2,1-3H3,(H,23,26)/t17-/m0/s1. The molecule has 1 N–H and O–H groups in total. The molecule has 2 aromatic carbocycles. The van der Waals surface area contributed by atoms with E-state index in [2.05, 4.69) is 5.32 Å². The lowest BCUT2D eigenvalue weighted by Gasteiger charge is -2.34. The molecule has 1 fully saturated rings. The Kier molecular flexibility index (Phi) is 5.78. The van der Waals surface area contributed by atoms with Crippen LogP contribution in [0.3, 0.4) is 0 Å². The van der Waals surface area contributed by atoms with Gasteiger partial charge in [-0.3, -0.25) is 14.4 Å². The number of nitrogens with zero attached hydrogens (tertiary/aromatic N) is 2. The summed E-state index contributed by atoms with van der Waals surface area (Å²) in [6.07, 6.45) is 0. The number of rotatable bonds is 5. The molecular weight excluding hydrogens is 354 g/mol. The van der Waals surface area contributed by atoms with Crippen LogP contribution < -0.4 is 10.2 Å². The van der Waals surface area contributed by atoms with Crippen LogP contribution in [0.5, 0.6) is 0 Å². The second-order valence-electron chi connectivity index (χ2n) is 7.31. The first-order valence-electron chi connectivity index (χ1n) is 9.40. The maximum absolute atomic E-state index is 12.5. The molecule has 0 aromatic heterocycles. The monoisotopic (exact) mass is 379 g/mol.